The number of benzene rings is 1. The molecule has 1 amide bonds. The summed E-state index contributed by atoms with van der Waals surface area (Å²) in [5, 5.41) is 3.08. The Hall–Kier alpha value is -3.36. The van der Waals surface area contributed by atoms with Crippen LogP contribution < -0.4 is 27.2 Å². The third-order valence-corrected chi connectivity index (χ3v) is 5.09. The molecule has 1 aliphatic heterocycles. The minimum Gasteiger partial charge on any atom is -0.384 e. The summed E-state index contributed by atoms with van der Waals surface area (Å²) in [5.74, 6) is -0.665. The number of rotatable bonds is 4. The first-order valence-electron chi connectivity index (χ1n) is 8.90. The lowest BCUT2D eigenvalue weighted by molar-refractivity contribution is -0.116. The van der Waals surface area contributed by atoms with E-state index in [0.717, 1.165) is 26.8 Å². The Labute approximate surface area is 161 Å². The molecule has 3 rings (SSSR count). The lowest BCUT2D eigenvalue weighted by atomic mass is 10.1. The van der Waals surface area contributed by atoms with Crippen LogP contribution in [-0.2, 0) is 25.3 Å². The zero-order chi connectivity index (χ0) is 20.7. The predicted octanol–water partition coefficient (Wildman–Crippen LogP) is 0.259. The van der Waals surface area contributed by atoms with Crippen LogP contribution in [0, 0.1) is 0 Å². The molecule has 1 atom stereocenters. The molecule has 3 N–H and O–H groups in total. The van der Waals surface area contributed by atoms with Crippen molar-refractivity contribution in [3.05, 3.63) is 50.2 Å². The van der Waals surface area contributed by atoms with Gasteiger partial charge in [0.2, 0.25) is 5.91 Å². The highest BCUT2D eigenvalue weighted by atomic mass is 16.2. The quantitative estimate of drug-likeness (QED) is 0.729. The van der Waals surface area contributed by atoms with E-state index in [1.54, 1.807) is 17.9 Å². The smallest absolute Gasteiger partial charge is 0.332 e. The number of nitrogen functional groups attached to an aromatic ring is 1. The lowest BCUT2D eigenvalue weighted by Crippen LogP contribution is -2.43. The summed E-state index contributed by atoms with van der Waals surface area (Å²) in [7, 11) is 2.72. The van der Waals surface area contributed by atoms with Crippen molar-refractivity contribution >= 4 is 28.9 Å². The van der Waals surface area contributed by atoms with Crippen LogP contribution in [-0.4, -0.2) is 33.4 Å². The molecule has 1 aliphatic rings. The molecular formula is C19H23N5O4. The highest BCUT2D eigenvalue weighted by Crippen LogP contribution is 2.30. The largest absolute Gasteiger partial charge is 0.384 e. The molecule has 0 saturated carbocycles. The number of amides is 1. The van der Waals surface area contributed by atoms with Gasteiger partial charge in [0.05, 0.1) is 6.04 Å². The molecule has 0 saturated heterocycles. The van der Waals surface area contributed by atoms with Gasteiger partial charge in [-0.05, 0) is 37.1 Å². The Morgan fingerprint density at radius 2 is 1.86 bits per heavy atom. The van der Waals surface area contributed by atoms with Gasteiger partial charge < -0.3 is 16.0 Å². The van der Waals surface area contributed by atoms with Gasteiger partial charge in [-0.1, -0.05) is 0 Å². The van der Waals surface area contributed by atoms with Crippen molar-refractivity contribution in [2.24, 2.45) is 14.1 Å². The number of hydrogen-bond acceptors (Lipinski definition) is 6. The van der Waals surface area contributed by atoms with E-state index in [0.29, 0.717) is 12.2 Å². The van der Waals surface area contributed by atoms with Crippen molar-refractivity contribution in [3.8, 4) is 0 Å². The average Bonchev–Trinajstić information content (AvgIpc) is 3.08. The number of nitrogens with one attached hydrogen (secondary N) is 1. The number of carbonyl (C=O) groups excluding carboxylic acids is 2. The van der Waals surface area contributed by atoms with Gasteiger partial charge >= 0.3 is 5.69 Å². The Morgan fingerprint density at radius 1 is 1.18 bits per heavy atom. The second-order valence-corrected chi connectivity index (χ2v) is 6.96. The van der Waals surface area contributed by atoms with Crippen molar-refractivity contribution in [1.29, 1.82) is 0 Å². The zero-order valence-corrected chi connectivity index (χ0v) is 16.3. The molecule has 0 spiro atoms. The Kier molecular flexibility index (Phi) is 4.84. The number of nitrogens with two attached hydrogens (primary N) is 1. The van der Waals surface area contributed by atoms with Crippen LogP contribution in [0.15, 0.2) is 27.8 Å². The van der Waals surface area contributed by atoms with Gasteiger partial charge in [-0.2, -0.15) is 0 Å². The van der Waals surface area contributed by atoms with Crippen molar-refractivity contribution in [1.82, 2.24) is 9.13 Å². The molecule has 9 heteroatoms. The lowest BCUT2D eigenvalue weighted by Gasteiger charge is -2.18. The van der Waals surface area contributed by atoms with E-state index in [1.165, 1.54) is 21.0 Å². The standard InChI is InChI=1S/C19H23N5O4/c1-10(16(26)15-17(20)22(3)19(28)23(4)18(15)27)21-13-5-6-14-12(9-13)7-8-24(14)11(2)25/h5-6,9-10,21H,7-8,20H2,1-4H3. The van der Waals surface area contributed by atoms with Crippen LogP contribution in [0.5, 0.6) is 0 Å². The maximum atomic E-state index is 12.9. The van der Waals surface area contributed by atoms with Gasteiger partial charge in [-0.3, -0.25) is 23.5 Å². The third-order valence-electron chi connectivity index (χ3n) is 5.09. The SMILES string of the molecule is CC(=O)N1CCc2cc(NC(C)C(=O)c3c(N)n(C)c(=O)n(C)c3=O)ccc21. The minimum atomic E-state index is -0.740. The molecular weight excluding hydrogens is 362 g/mol. The maximum Gasteiger partial charge on any atom is 0.332 e. The summed E-state index contributed by atoms with van der Waals surface area (Å²) < 4.78 is 1.94. The minimum absolute atomic E-state index is 0.0102. The van der Waals surface area contributed by atoms with Crippen LogP contribution in [0.25, 0.3) is 0 Å². The number of hydrogen-bond donors (Lipinski definition) is 2. The molecule has 28 heavy (non-hydrogen) atoms. The van der Waals surface area contributed by atoms with E-state index in [2.05, 4.69) is 5.32 Å². The third kappa shape index (κ3) is 3.08. The van der Waals surface area contributed by atoms with E-state index in [9.17, 15) is 19.2 Å². The first-order chi connectivity index (χ1) is 13.1. The van der Waals surface area contributed by atoms with Crippen molar-refractivity contribution in [2.75, 3.05) is 22.5 Å². The highest BCUT2D eigenvalue weighted by Gasteiger charge is 2.26. The second kappa shape index (κ2) is 6.99. The van der Waals surface area contributed by atoms with Crippen LogP contribution in [0.3, 0.4) is 0 Å². The van der Waals surface area contributed by atoms with Crippen LogP contribution >= 0.6 is 0 Å². The van der Waals surface area contributed by atoms with Crippen molar-refractivity contribution in [2.45, 2.75) is 26.3 Å². The topological polar surface area (TPSA) is 119 Å². The summed E-state index contributed by atoms with van der Waals surface area (Å²) in [4.78, 5) is 50.5. The molecule has 148 valence electrons. The monoisotopic (exact) mass is 385 g/mol. The van der Waals surface area contributed by atoms with E-state index in [-0.39, 0.29) is 17.3 Å². The first kappa shape index (κ1) is 19.4. The molecule has 1 unspecified atom stereocenters. The van der Waals surface area contributed by atoms with Gasteiger partial charge in [0.15, 0.2) is 5.78 Å². The number of fused-ring (bicyclic) bond motifs is 1. The van der Waals surface area contributed by atoms with Gasteiger partial charge in [0, 0.05) is 38.9 Å². The summed E-state index contributed by atoms with van der Waals surface area (Å²) in [6.07, 6.45) is 0.737. The molecule has 2 aromatic rings. The number of ketones is 1. The molecule has 0 bridgehead atoms. The normalized spacial score (nSPS) is 13.9. The molecule has 2 heterocycles. The number of Topliss-reactive ketones (excluding diaryl/α,β-unsaturated/α-hetero) is 1. The van der Waals surface area contributed by atoms with E-state index < -0.39 is 23.1 Å². The molecule has 0 aliphatic carbocycles. The van der Waals surface area contributed by atoms with Crippen molar-refractivity contribution < 1.29 is 9.59 Å². The summed E-state index contributed by atoms with van der Waals surface area (Å²) in [6, 6.07) is 4.77. The summed E-state index contributed by atoms with van der Waals surface area (Å²) in [5.41, 5.74) is 6.92. The molecule has 1 aromatic carbocycles. The highest BCUT2D eigenvalue weighted by molar-refractivity contribution is 6.04. The first-order valence-corrected chi connectivity index (χ1v) is 8.90. The average molecular weight is 385 g/mol. The Morgan fingerprint density at radius 3 is 2.50 bits per heavy atom. The van der Waals surface area contributed by atoms with E-state index in [4.69, 9.17) is 5.73 Å². The number of nitrogens with zero attached hydrogens (tertiary/aromatic N) is 3. The molecule has 9 nitrogen and oxygen atoms in total. The van der Waals surface area contributed by atoms with Gasteiger partial charge in [-0.25, -0.2) is 4.79 Å². The van der Waals surface area contributed by atoms with Crippen LogP contribution in [0.1, 0.15) is 29.8 Å². The van der Waals surface area contributed by atoms with E-state index in [1.807, 2.05) is 12.1 Å². The molecule has 0 fully saturated rings. The van der Waals surface area contributed by atoms with Gasteiger partial charge in [0.25, 0.3) is 5.56 Å². The number of aromatic nitrogens is 2. The molecule has 1 aromatic heterocycles. The fourth-order valence-corrected chi connectivity index (χ4v) is 3.44. The van der Waals surface area contributed by atoms with Gasteiger partial charge in [-0.15, -0.1) is 0 Å². The Balaban J connectivity index is 1.88. The second-order valence-electron chi connectivity index (χ2n) is 6.96. The maximum absolute atomic E-state index is 12.9. The fraction of sp³-hybridized carbons (Fsp3) is 0.368. The van der Waals surface area contributed by atoms with Gasteiger partial charge in [0.1, 0.15) is 11.4 Å². The predicted molar refractivity (Wildman–Crippen MR) is 107 cm³/mol. The van der Waals surface area contributed by atoms with E-state index >= 15 is 0 Å². The fourth-order valence-electron chi connectivity index (χ4n) is 3.44. The molecule has 0 radical (unpaired) electrons. The number of anilines is 3. The Bertz CT molecular complexity index is 1100. The summed E-state index contributed by atoms with van der Waals surface area (Å²) in [6.45, 7) is 3.79. The van der Waals surface area contributed by atoms with Crippen molar-refractivity contribution in [3.63, 3.8) is 0 Å². The zero-order valence-electron chi connectivity index (χ0n) is 16.3. The van der Waals surface area contributed by atoms with Crippen LogP contribution in [0.2, 0.25) is 0 Å². The summed E-state index contributed by atoms with van der Waals surface area (Å²) >= 11 is 0. The number of carbonyl (C=O) groups is 2. The van der Waals surface area contributed by atoms with Crippen LogP contribution in [0.4, 0.5) is 17.2 Å².